The highest BCUT2D eigenvalue weighted by molar-refractivity contribution is 6.42. The lowest BCUT2D eigenvalue weighted by atomic mass is 10.1. The fourth-order valence-electron chi connectivity index (χ4n) is 3.34. The number of rotatable bonds is 7. The molecule has 0 aromatic heterocycles. The summed E-state index contributed by atoms with van der Waals surface area (Å²) in [5, 5.41) is 3.86. The van der Waals surface area contributed by atoms with Gasteiger partial charge in [-0.3, -0.25) is 9.69 Å². The molecule has 1 fully saturated rings. The zero-order chi connectivity index (χ0) is 20.6. The maximum absolute atomic E-state index is 12.1. The maximum Gasteiger partial charge on any atom is 0.244 e. The average Bonchev–Trinajstić information content (AvgIpc) is 2.74. The van der Waals surface area contributed by atoms with E-state index in [2.05, 4.69) is 41.5 Å². The monoisotopic (exact) mass is 432 g/mol. The Morgan fingerprint density at radius 2 is 1.79 bits per heavy atom. The molecule has 1 amide bonds. The quantitative estimate of drug-likeness (QED) is 0.630. The van der Waals surface area contributed by atoms with Crippen LogP contribution in [0.25, 0.3) is 6.08 Å². The number of nitrogens with one attached hydrogen (secondary N) is 1. The number of carbonyl (C=O) groups is 1. The van der Waals surface area contributed by atoms with E-state index in [4.69, 9.17) is 27.9 Å². The number of ether oxygens (including phenoxy) is 1. The largest absolute Gasteiger partial charge is 0.381 e. The van der Waals surface area contributed by atoms with Crippen molar-refractivity contribution in [2.24, 2.45) is 0 Å². The molecule has 0 unspecified atom stereocenters. The fourth-order valence-corrected chi connectivity index (χ4v) is 3.65. The minimum atomic E-state index is -0.153. The lowest BCUT2D eigenvalue weighted by molar-refractivity contribution is -0.116. The van der Waals surface area contributed by atoms with Crippen LogP contribution < -0.4 is 5.32 Å². The second-order valence-corrected chi connectivity index (χ2v) is 8.11. The van der Waals surface area contributed by atoms with E-state index in [0.717, 1.165) is 43.7 Å². The maximum atomic E-state index is 12.1. The molecule has 4 nitrogen and oxygen atoms in total. The SMILES string of the molecule is CN(Cc1ccc(CNC(=O)/C=C/c2ccc(Cl)c(Cl)c2)cc1)C1CCOCC1. The Morgan fingerprint density at radius 3 is 2.48 bits per heavy atom. The van der Waals surface area contributed by atoms with Crippen molar-refractivity contribution in [1.82, 2.24) is 10.2 Å². The minimum Gasteiger partial charge on any atom is -0.381 e. The first kappa shape index (κ1) is 21.8. The Hall–Kier alpha value is -1.85. The Bertz CT molecular complexity index is 846. The minimum absolute atomic E-state index is 0.153. The highest BCUT2D eigenvalue weighted by atomic mass is 35.5. The van der Waals surface area contributed by atoms with Crippen LogP contribution in [-0.4, -0.2) is 37.1 Å². The highest BCUT2D eigenvalue weighted by Gasteiger charge is 2.18. The highest BCUT2D eigenvalue weighted by Crippen LogP contribution is 2.23. The number of halogens is 2. The van der Waals surface area contributed by atoms with Crippen molar-refractivity contribution in [3.05, 3.63) is 75.3 Å². The summed E-state index contributed by atoms with van der Waals surface area (Å²) in [7, 11) is 2.17. The fraction of sp³-hybridized carbons (Fsp3) is 0.348. The average molecular weight is 433 g/mol. The summed E-state index contributed by atoms with van der Waals surface area (Å²) in [6.45, 7) is 3.12. The van der Waals surface area contributed by atoms with Gasteiger partial charge in [0.15, 0.2) is 0 Å². The van der Waals surface area contributed by atoms with Gasteiger partial charge < -0.3 is 10.1 Å². The summed E-state index contributed by atoms with van der Waals surface area (Å²) in [5.74, 6) is -0.153. The molecule has 0 bridgehead atoms. The molecule has 1 heterocycles. The van der Waals surface area contributed by atoms with Gasteiger partial charge in [0, 0.05) is 38.4 Å². The van der Waals surface area contributed by atoms with Gasteiger partial charge in [-0.25, -0.2) is 0 Å². The van der Waals surface area contributed by atoms with Gasteiger partial charge in [-0.1, -0.05) is 53.5 Å². The Labute approximate surface area is 182 Å². The molecule has 0 atom stereocenters. The molecule has 29 heavy (non-hydrogen) atoms. The van der Waals surface area contributed by atoms with Gasteiger partial charge in [0.05, 0.1) is 10.0 Å². The first-order valence-electron chi connectivity index (χ1n) is 9.78. The molecule has 0 saturated carbocycles. The molecule has 0 spiro atoms. The van der Waals surface area contributed by atoms with Crippen molar-refractivity contribution in [3.8, 4) is 0 Å². The van der Waals surface area contributed by atoms with Crippen LogP contribution in [0, 0.1) is 0 Å². The number of amides is 1. The smallest absolute Gasteiger partial charge is 0.244 e. The van der Waals surface area contributed by atoms with Crippen LogP contribution >= 0.6 is 23.2 Å². The van der Waals surface area contributed by atoms with Gasteiger partial charge >= 0.3 is 0 Å². The van der Waals surface area contributed by atoms with Crippen molar-refractivity contribution < 1.29 is 9.53 Å². The standard InChI is InChI=1S/C23H26Cl2N2O2/c1-27(20-10-12-29-13-11-20)16-19-4-2-18(3-5-19)15-26-23(28)9-7-17-6-8-21(24)22(25)14-17/h2-9,14,20H,10-13,15-16H2,1H3,(H,26,28)/b9-7+. The zero-order valence-corrected chi connectivity index (χ0v) is 18.0. The van der Waals surface area contributed by atoms with Crippen molar-refractivity contribution in [2.45, 2.75) is 32.0 Å². The van der Waals surface area contributed by atoms with Gasteiger partial charge in [-0.2, -0.15) is 0 Å². The van der Waals surface area contributed by atoms with Crippen molar-refractivity contribution in [1.29, 1.82) is 0 Å². The summed E-state index contributed by atoms with van der Waals surface area (Å²) in [6, 6.07) is 14.2. The summed E-state index contributed by atoms with van der Waals surface area (Å²) in [4.78, 5) is 14.5. The van der Waals surface area contributed by atoms with E-state index in [9.17, 15) is 4.79 Å². The molecule has 3 rings (SSSR count). The topological polar surface area (TPSA) is 41.6 Å². The molecule has 0 radical (unpaired) electrons. The van der Waals surface area contributed by atoms with E-state index in [1.807, 2.05) is 6.07 Å². The van der Waals surface area contributed by atoms with Crippen LogP contribution in [0.2, 0.25) is 10.0 Å². The third-order valence-corrected chi connectivity index (χ3v) is 5.85. The molecule has 0 aliphatic carbocycles. The van der Waals surface area contributed by atoms with Gasteiger partial charge in [-0.05, 0) is 54.8 Å². The lowest BCUT2D eigenvalue weighted by Gasteiger charge is -2.31. The van der Waals surface area contributed by atoms with E-state index >= 15 is 0 Å². The lowest BCUT2D eigenvalue weighted by Crippen LogP contribution is -2.36. The van der Waals surface area contributed by atoms with E-state index < -0.39 is 0 Å². The number of benzene rings is 2. The van der Waals surface area contributed by atoms with Crippen LogP contribution in [0.15, 0.2) is 48.5 Å². The van der Waals surface area contributed by atoms with Crippen LogP contribution in [0.4, 0.5) is 0 Å². The number of carbonyl (C=O) groups excluding carboxylic acids is 1. The number of nitrogens with zero attached hydrogens (tertiary/aromatic N) is 1. The predicted octanol–water partition coefficient (Wildman–Crippen LogP) is 4.93. The molecule has 1 aliphatic rings. The molecule has 1 saturated heterocycles. The van der Waals surface area contributed by atoms with E-state index in [-0.39, 0.29) is 5.91 Å². The van der Waals surface area contributed by atoms with E-state index in [0.29, 0.717) is 22.6 Å². The summed E-state index contributed by atoms with van der Waals surface area (Å²) < 4.78 is 5.44. The van der Waals surface area contributed by atoms with E-state index in [1.54, 1.807) is 18.2 Å². The molecule has 6 heteroatoms. The Balaban J connectivity index is 1.46. The van der Waals surface area contributed by atoms with Crippen molar-refractivity contribution in [2.75, 3.05) is 20.3 Å². The molecular weight excluding hydrogens is 407 g/mol. The molecule has 2 aromatic rings. The molecular formula is C23H26Cl2N2O2. The van der Waals surface area contributed by atoms with E-state index in [1.165, 1.54) is 11.6 Å². The van der Waals surface area contributed by atoms with Crippen LogP contribution in [-0.2, 0) is 22.6 Å². The Kier molecular flexibility index (Phi) is 8.13. The number of hydrogen-bond acceptors (Lipinski definition) is 3. The van der Waals surface area contributed by atoms with Crippen LogP contribution in [0.3, 0.4) is 0 Å². The van der Waals surface area contributed by atoms with Crippen molar-refractivity contribution >= 4 is 35.2 Å². The number of hydrogen-bond donors (Lipinski definition) is 1. The molecule has 1 aliphatic heterocycles. The Morgan fingerprint density at radius 1 is 1.10 bits per heavy atom. The summed E-state index contributed by atoms with van der Waals surface area (Å²) >= 11 is 11.9. The second kappa shape index (κ2) is 10.8. The first-order chi connectivity index (χ1) is 14.0. The van der Waals surface area contributed by atoms with Gasteiger partial charge in [0.2, 0.25) is 5.91 Å². The van der Waals surface area contributed by atoms with Gasteiger partial charge in [0.1, 0.15) is 0 Å². The third kappa shape index (κ3) is 6.86. The summed E-state index contributed by atoms with van der Waals surface area (Å²) in [5.41, 5.74) is 3.17. The van der Waals surface area contributed by atoms with Crippen LogP contribution in [0.1, 0.15) is 29.5 Å². The first-order valence-corrected chi connectivity index (χ1v) is 10.5. The van der Waals surface area contributed by atoms with Crippen molar-refractivity contribution in [3.63, 3.8) is 0 Å². The zero-order valence-electron chi connectivity index (χ0n) is 16.5. The molecule has 2 aromatic carbocycles. The van der Waals surface area contributed by atoms with Gasteiger partial charge in [-0.15, -0.1) is 0 Å². The summed E-state index contributed by atoms with van der Waals surface area (Å²) in [6.07, 6.45) is 5.40. The van der Waals surface area contributed by atoms with Gasteiger partial charge in [0.25, 0.3) is 0 Å². The van der Waals surface area contributed by atoms with Crippen LogP contribution in [0.5, 0.6) is 0 Å². The molecule has 154 valence electrons. The second-order valence-electron chi connectivity index (χ2n) is 7.30. The third-order valence-electron chi connectivity index (χ3n) is 5.11. The predicted molar refractivity (Wildman–Crippen MR) is 119 cm³/mol. The normalized spacial score (nSPS) is 15.2. The molecule has 1 N–H and O–H groups in total.